The third-order valence-corrected chi connectivity index (χ3v) is 6.62. The molecular weight excluding hydrogens is 230 g/mol. The molecule has 0 saturated heterocycles. The largest absolute Gasteiger partial charge is 0.327 e. The molecule has 4 atom stereocenters. The summed E-state index contributed by atoms with van der Waals surface area (Å²) in [5.41, 5.74) is 7.94. The first-order chi connectivity index (χ1) is 8.95. The van der Waals surface area contributed by atoms with E-state index in [-0.39, 0.29) is 0 Å². The number of rotatable bonds is 5. The van der Waals surface area contributed by atoms with Crippen molar-refractivity contribution in [2.75, 3.05) is 0 Å². The Morgan fingerprint density at radius 3 is 2.32 bits per heavy atom. The van der Waals surface area contributed by atoms with E-state index < -0.39 is 0 Å². The minimum absolute atomic E-state index is 0.472. The van der Waals surface area contributed by atoms with Gasteiger partial charge in [0, 0.05) is 6.04 Å². The molecule has 4 rings (SSSR count). The molecule has 4 bridgehead atoms. The van der Waals surface area contributed by atoms with Gasteiger partial charge in [-0.1, -0.05) is 33.6 Å². The first-order valence-corrected chi connectivity index (χ1v) is 8.70. The van der Waals surface area contributed by atoms with Crippen LogP contribution < -0.4 is 5.73 Å². The lowest BCUT2D eigenvalue weighted by Gasteiger charge is -2.63. The zero-order valence-electron chi connectivity index (χ0n) is 13.3. The Kier molecular flexibility index (Phi) is 3.48. The maximum atomic E-state index is 6.76. The van der Waals surface area contributed by atoms with Crippen molar-refractivity contribution >= 4 is 0 Å². The predicted octanol–water partition coefficient (Wildman–Crippen LogP) is 4.75. The summed E-state index contributed by atoms with van der Waals surface area (Å²) in [5.74, 6) is 2.85. The van der Waals surface area contributed by atoms with E-state index in [1.165, 1.54) is 57.8 Å². The van der Waals surface area contributed by atoms with Gasteiger partial charge in [-0.15, -0.1) is 0 Å². The van der Waals surface area contributed by atoms with Crippen LogP contribution in [0.25, 0.3) is 0 Å². The van der Waals surface area contributed by atoms with Crippen LogP contribution in [0.5, 0.6) is 0 Å². The van der Waals surface area contributed by atoms with Crippen LogP contribution in [0.4, 0.5) is 0 Å². The topological polar surface area (TPSA) is 26.0 Å². The second-order valence-electron chi connectivity index (χ2n) is 8.87. The van der Waals surface area contributed by atoms with Crippen LogP contribution in [0, 0.1) is 28.6 Å². The highest BCUT2D eigenvalue weighted by Gasteiger charge is 2.57. The highest BCUT2D eigenvalue weighted by atomic mass is 14.7. The van der Waals surface area contributed by atoms with Crippen molar-refractivity contribution in [1.29, 1.82) is 0 Å². The zero-order chi connectivity index (χ0) is 13.7. The van der Waals surface area contributed by atoms with Gasteiger partial charge in [0.2, 0.25) is 0 Å². The van der Waals surface area contributed by atoms with Gasteiger partial charge in [-0.25, -0.2) is 0 Å². The summed E-state index contributed by atoms with van der Waals surface area (Å²) in [7, 11) is 0. The van der Waals surface area contributed by atoms with Gasteiger partial charge in [0.15, 0.2) is 0 Å². The van der Waals surface area contributed by atoms with Gasteiger partial charge < -0.3 is 5.73 Å². The van der Waals surface area contributed by atoms with Crippen LogP contribution in [0.15, 0.2) is 0 Å². The Labute approximate surface area is 119 Å². The quantitative estimate of drug-likeness (QED) is 0.761. The molecule has 1 heteroatoms. The van der Waals surface area contributed by atoms with Crippen LogP contribution in [-0.4, -0.2) is 6.04 Å². The Bertz CT molecular complexity index is 321. The van der Waals surface area contributed by atoms with Gasteiger partial charge in [-0.3, -0.25) is 0 Å². The lowest BCUT2D eigenvalue weighted by molar-refractivity contribution is -0.115. The van der Waals surface area contributed by atoms with Gasteiger partial charge in [-0.05, 0) is 73.5 Å². The van der Waals surface area contributed by atoms with E-state index >= 15 is 0 Å². The second kappa shape index (κ2) is 4.76. The van der Waals surface area contributed by atoms with Crippen molar-refractivity contribution in [1.82, 2.24) is 0 Å². The standard InChI is InChI=1S/C18H33N/c1-4-5-13(2)6-16(19)18-10-14-7-15(11-18)9-17(3,8-14)12-18/h13-16H,4-12,19H2,1-3H3. The fourth-order valence-corrected chi connectivity index (χ4v) is 6.53. The third-order valence-electron chi connectivity index (χ3n) is 6.62. The summed E-state index contributed by atoms with van der Waals surface area (Å²) >= 11 is 0. The lowest BCUT2D eigenvalue weighted by atomic mass is 9.43. The highest BCUT2D eigenvalue weighted by Crippen LogP contribution is 2.66. The SMILES string of the molecule is CCCC(C)CC(N)C12CC3CC(CC(C)(C3)C1)C2. The molecule has 19 heavy (non-hydrogen) atoms. The Morgan fingerprint density at radius 2 is 1.79 bits per heavy atom. The van der Waals surface area contributed by atoms with Crippen molar-refractivity contribution < 1.29 is 0 Å². The molecule has 4 unspecified atom stereocenters. The molecule has 0 aromatic rings. The fraction of sp³-hybridized carbons (Fsp3) is 1.00. The molecule has 4 aliphatic rings. The number of hydrogen-bond donors (Lipinski definition) is 1. The average Bonchev–Trinajstić information content (AvgIpc) is 2.25. The monoisotopic (exact) mass is 263 g/mol. The van der Waals surface area contributed by atoms with E-state index in [9.17, 15) is 0 Å². The third kappa shape index (κ3) is 2.48. The molecule has 4 aliphatic carbocycles. The summed E-state index contributed by atoms with van der Waals surface area (Å²) in [5, 5.41) is 0. The van der Waals surface area contributed by atoms with Crippen molar-refractivity contribution in [3.8, 4) is 0 Å². The van der Waals surface area contributed by atoms with Crippen molar-refractivity contribution in [2.45, 2.75) is 84.6 Å². The van der Waals surface area contributed by atoms with Gasteiger partial charge in [0.05, 0.1) is 0 Å². The van der Waals surface area contributed by atoms with E-state index in [1.807, 2.05) is 0 Å². The summed E-state index contributed by atoms with van der Waals surface area (Å²) < 4.78 is 0. The lowest BCUT2D eigenvalue weighted by Crippen LogP contribution is -2.57. The van der Waals surface area contributed by atoms with Crippen LogP contribution in [0.2, 0.25) is 0 Å². The second-order valence-corrected chi connectivity index (χ2v) is 8.87. The Hall–Kier alpha value is -0.0400. The van der Waals surface area contributed by atoms with Crippen molar-refractivity contribution in [3.63, 3.8) is 0 Å². The molecule has 2 N–H and O–H groups in total. The predicted molar refractivity (Wildman–Crippen MR) is 81.9 cm³/mol. The first kappa shape index (κ1) is 13.9. The summed E-state index contributed by atoms with van der Waals surface area (Å²) in [6, 6.07) is 0.472. The van der Waals surface area contributed by atoms with Crippen LogP contribution in [0.1, 0.15) is 78.6 Å². The molecule has 0 aliphatic heterocycles. The molecule has 0 heterocycles. The van der Waals surface area contributed by atoms with E-state index in [0.29, 0.717) is 16.9 Å². The van der Waals surface area contributed by atoms with E-state index in [4.69, 9.17) is 5.73 Å². The van der Waals surface area contributed by atoms with Crippen molar-refractivity contribution in [2.24, 2.45) is 34.3 Å². The molecule has 0 aromatic carbocycles. The Morgan fingerprint density at radius 1 is 1.16 bits per heavy atom. The Balaban J connectivity index is 1.72. The molecule has 110 valence electrons. The summed E-state index contributed by atoms with van der Waals surface area (Å²) in [4.78, 5) is 0. The summed E-state index contributed by atoms with van der Waals surface area (Å²) in [6.07, 6.45) is 12.8. The maximum Gasteiger partial charge on any atom is 0.00985 e. The smallest absolute Gasteiger partial charge is 0.00985 e. The molecule has 0 amide bonds. The van der Waals surface area contributed by atoms with E-state index in [2.05, 4.69) is 20.8 Å². The van der Waals surface area contributed by atoms with E-state index in [1.54, 1.807) is 0 Å². The van der Waals surface area contributed by atoms with Gasteiger partial charge in [-0.2, -0.15) is 0 Å². The maximum absolute atomic E-state index is 6.76. The minimum atomic E-state index is 0.472. The van der Waals surface area contributed by atoms with Crippen LogP contribution in [0.3, 0.4) is 0 Å². The van der Waals surface area contributed by atoms with E-state index in [0.717, 1.165) is 17.8 Å². The highest BCUT2D eigenvalue weighted by molar-refractivity contribution is 5.09. The summed E-state index contributed by atoms with van der Waals surface area (Å²) in [6.45, 7) is 7.26. The fourth-order valence-electron chi connectivity index (χ4n) is 6.53. The van der Waals surface area contributed by atoms with Gasteiger partial charge in [0.1, 0.15) is 0 Å². The van der Waals surface area contributed by atoms with Gasteiger partial charge in [0.25, 0.3) is 0 Å². The molecule has 4 saturated carbocycles. The minimum Gasteiger partial charge on any atom is -0.327 e. The molecule has 4 fully saturated rings. The molecule has 0 aromatic heterocycles. The molecule has 0 radical (unpaired) electrons. The zero-order valence-corrected chi connectivity index (χ0v) is 13.3. The molecule has 0 spiro atoms. The van der Waals surface area contributed by atoms with Crippen molar-refractivity contribution in [3.05, 3.63) is 0 Å². The number of nitrogens with two attached hydrogens (primary N) is 1. The molecule has 1 nitrogen and oxygen atoms in total. The normalized spacial score (nSPS) is 47.4. The van der Waals surface area contributed by atoms with Crippen LogP contribution >= 0.6 is 0 Å². The molecular formula is C18H33N. The van der Waals surface area contributed by atoms with Gasteiger partial charge >= 0.3 is 0 Å². The number of hydrogen-bond acceptors (Lipinski definition) is 1. The first-order valence-electron chi connectivity index (χ1n) is 8.70. The van der Waals surface area contributed by atoms with Crippen LogP contribution in [-0.2, 0) is 0 Å². The average molecular weight is 263 g/mol.